The summed E-state index contributed by atoms with van der Waals surface area (Å²) in [4.78, 5) is 22.8. The number of hydrogen-bond acceptors (Lipinski definition) is 4. The lowest BCUT2D eigenvalue weighted by atomic mass is 9.92. The van der Waals surface area contributed by atoms with Crippen molar-refractivity contribution in [1.29, 1.82) is 0 Å². The smallest absolute Gasteiger partial charge is 0.329 e. The van der Waals surface area contributed by atoms with Crippen molar-refractivity contribution >= 4 is 11.9 Å². The molecule has 0 aromatic heterocycles. The molecule has 0 heterocycles. The van der Waals surface area contributed by atoms with Crippen molar-refractivity contribution < 1.29 is 19.8 Å². The van der Waals surface area contributed by atoms with E-state index >= 15 is 0 Å². The molecule has 2 fully saturated rings. The number of hydrogen-bond donors (Lipinski definition) is 4. The van der Waals surface area contributed by atoms with Gasteiger partial charge in [0.1, 0.15) is 5.54 Å². The standard InChI is InChI=1S/C10H15N2O4/c1-4(11)8(14)12-10(9(15)16)3-7(13)5-2-6(5)10/h2,4-7,13H,3,11H2,1H3,(H,12,14)(H,15,16)/t4-,5-,6+,7-,10-/m0/s1. The highest BCUT2D eigenvalue weighted by atomic mass is 16.4. The lowest BCUT2D eigenvalue weighted by Gasteiger charge is -2.28. The quantitative estimate of drug-likeness (QED) is 0.468. The molecule has 0 unspecified atom stereocenters. The second-order valence-corrected chi connectivity index (χ2v) is 4.62. The number of nitrogens with two attached hydrogens (primary N) is 1. The van der Waals surface area contributed by atoms with Gasteiger partial charge in [-0.1, -0.05) is 0 Å². The van der Waals surface area contributed by atoms with Gasteiger partial charge in [-0.25, -0.2) is 4.79 Å². The second-order valence-electron chi connectivity index (χ2n) is 4.62. The molecular formula is C10H15N2O4. The fraction of sp³-hybridized carbons (Fsp3) is 0.700. The summed E-state index contributed by atoms with van der Waals surface area (Å²) in [6, 6.07) is -0.758. The molecule has 0 aromatic carbocycles. The van der Waals surface area contributed by atoms with Gasteiger partial charge in [0.05, 0.1) is 12.1 Å². The maximum absolute atomic E-state index is 11.5. The van der Waals surface area contributed by atoms with Crippen molar-refractivity contribution in [3.8, 4) is 0 Å². The van der Waals surface area contributed by atoms with E-state index in [2.05, 4.69) is 5.32 Å². The van der Waals surface area contributed by atoms with E-state index < -0.39 is 29.6 Å². The zero-order chi connectivity index (χ0) is 12.1. The van der Waals surface area contributed by atoms with E-state index in [9.17, 15) is 19.8 Å². The van der Waals surface area contributed by atoms with Crippen LogP contribution in [0.5, 0.6) is 0 Å². The first-order valence-corrected chi connectivity index (χ1v) is 5.22. The number of carbonyl (C=O) groups is 2. The predicted molar refractivity (Wildman–Crippen MR) is 54.1 cm³/mol. The van der Waals surface area contributed by atoms with E-state index in [0.29, 0.717) is 0 Å². The molecule has 2 aliphatic rings. The van der Waals surface area contributed by atoms with Gasteiger partial charge in [0, 0.05) is 12.3 Å². The van der Waals surface area contributed by atoms with Crippen LogP contribution in [0.3, 0.4) is 0 Å². The molecular weight excluding hydrogens is 212 g/mol. The number of aliphatic hydroxyl groups is 1. The fourth-order valence-corrected chi connectivity index (χ4v) is 2.39. The summed E-state index contributed by atoms with van der Waals surface area (Å²) in [5.41, 5.74) is 4.02. The van der Waals surface area contributed by atoms with E-state index in [1.54, 1.807) is 6.42 Å². The first-order chi connectivity index (χ1) is 7.38. The van der Waals surface area contributed by atoms with E-state index in [1.165, 1.54) is 6.92 Å². The molecule has 2 saturated carbocycles. The minimum atomic E-state index is -1.37. The van der Waals surface area contributed by atoms with Gasteiger partial charge in [-0.3, -0.25) is 4.79 Å². The monoisotopic (exact) mass is 227 g/mol. The Morgan fingerprint density at radius 1 is 1.62 bits per heavy atom. The number of carboxylic acids is 1. The third-order valence-electron chi connectivity index (χ3n) is 3.39. The molecule has 89 valence electrons. The maximum atomic E-state index is 11.5. The summed E-state index contributed by atoms with van der Waals surface area (Å²) < 4.78 is 0. The average molecular weight is 227 g/mol. The molecule has 5 atom stereocenters. The molecule has 6 heteroatoms. The van der Waals surface area contributed by atoms with Crippen LogP contribution < -0.4 is 11.1 Å². The highest BCUT2D eigenvalue weighted by Gasteiger charge is 2.67. The molecule has 0 saturated heterocycles. The molecule has 1 radical (unpaired) electrons. The van der Waals surface area contributed by atoms with E-state index in [1.807, 2.05) is 0 Å². The molecule has 5 N–H and O–H groups in total. The number of nitrogens with one attached hydrogen (secondary N) is 1. The second kappa shape index (κ2) is 3.43. The minimum absolute atomic E-state index is 0.0482. The number of aliphatic hydroxyl groups excluding tert-OH is 1. The zero-order valence-corrected chi connectivity index (χ0v) is 8.88. The van der Waals surface area contributed by atoms with Gasteiger partial charge in [-0.05, 0) is 19.3 Å². The van der Waals surface area contributed by atoms with E-state index in [0.717, 1.165) is 0 Å². The van der Waals surface area contributed by atoms with Crippen LogP contribution in [0.15, 0.2) is 0 Å². The summed E-state index contributed by atoms with van der Waals surface area (Å²) >= 11 is 0. The Morgan fingerprint density at radius 2 is 2.25 bits per heavy atom. The molecule has 6 nitrogen and oxygen atoms in total. The molecule has 0 aromatic rings. The summed E-state index contributed by atoms with van der Waals surface area (Å²) in [5.74, 6) is -2.00. The van der Waals surface area contributed by atoms with Gasteiger partial charge in [0.2, 0.25) is 5.91 Å². The number of aliphatic carboxylic acids is 1. The van der Waals surface area contributed by atoms with E-state index in [4.69, 9.17) is 5.73 Å². The van der Waals surface area contributed by atoms with Crippen LogP contribution in [0, 0.1) is 18.3 Å². The van der Waals surface area contributed by atoms with Crippen molar-refractivity contribution in [1.82, 2.24) is 5.32 Å². The van der Waals surface area contributed by atoms with Crippen molar-refractivity contribution in [2.45, 2.75) is 31.0 Å². The molecule has 2 rings (SSSR count). The van der Waals surface area contributed by atoms with Gasteiger partial charge in [0.25, 0.3) is 0 Å². The van der Waals surface area contributed by atoms with Gasteiger partial charge < -0.3 is 21.3 Å². The van der Waals surface area contributed by atoms with Crippen LogP contribution in [0.25, 0.3) is 0 Å². The third kappa shape index (κ3) is 1.49. The Balaban J connectivity index is 2.18. The molecule has 2 aliphatic carbocycles. The van der Waals surface area contributed by atoms with Gasteiger partial charge >= 0.3 is 5.97 Å². The highest BCUT2D eigenvalue weighted by Crippen LogP contribution is 2.56. The first kappa shape index (κ1) is 11.3. The SMILES string of the molecule is C[C@H](N)C(=O)N[C@@]1(C(=O)O)C[C@H](O)[C@H]2[CH][C@H]21. The Morgan fingerprint density at radius 3 is 2.56 bits per heavy atom. The number of carbonyl (C=O) groups excluding carboxylic acids is 1. The van der Waals surface area contributed by atoms with Crippen molar-refractivity contribution in [3.63, 3.8) is 0 Å². The van der Waals surface area contributed by atoms with Crippen molar-refractivity contribution in [3.05, 3.63) is 6.42 Å². The predicted octanol–water partition coefficient (Wildman–Crippen LogP) is -1.51. The van der Waals surface area contributed by atoms with Gasteiger partial charge in [-0.2, -0.15) is 0 Å². The van der Waals surface area contributed by atoms with Crippen LogP contribution >= 0.6 is 0 Å². The van der Waals surface area contributed by atoms with Crippen LogP contribution in [0.4, 0.5) is 0 Å². The van der Waals surface area contributed by atoms with Crippen LogP contribution in [0.1, 0.15) is 13.3 Å². The summed E-state index contributed by atoms with van der Waals surface area (Å²) in [6.45, 7) is 1.49. The van der Waals surface area contributed by atoms with Gasteiger partial charge in [-0.15, -0.1) is 0 Å². The molecule has 1 amide bonds. The number of amides is 1. The van der Waals surface area contributed by atoms with Crippen LogP contribution in [-0.2, 0) is 9.59 Å². The topological polar surface area (TPSA) is 113 Å². The summed E-state index contributed by atoms with van der Waals surface area (Å²) in [5, 5.41) is 21.3. The molecule has 0 aliphatic heterocycles. The number of carboxylic acid groups (broad SMARTS) is 1. The highest BCUT2D eigenvalue weighted by molar-refractivity contribution is 5.91. The zero-order valence-electron chi connectivity index (χ0n) is 8.88. The molecule has 0 bridgehead atoms. The minimum Gasteiger partial charge on any atom is -0.479 e. The molecule has 0 spiro atoms. The Bertz CT molecular complexity index is 344. The summed E-state index contributed by atoms with van der Waals surface area (Å²) in [6.07, 6.45) is 1.12. The molecule has 16 heavy (non-hydrogen) atoms. The van der Waals surface area contributed by atoms with E-state index in [-0.39, 0.29) is 18.3 Å². The maximum Gasteiger partial charge on any atom is 0.329 e. The Kier molecular flexibility index (Phi) is 2.43. The van der Waals surface area contributed by atoms with Gasteiger partial charge in [0.15, 0.2) is 0 Å². The largest absolute Gasteiger partial charge is 0.479 e. The average Bonchev–Trinajstić information content (AvgIpc) is 2.90. The Hall–Kier alpha value is -1.14. The normalized spacial score (nSPS) is 42.3. The number of rotatable bonds is 3. The van der Waals surface area contributed by atoms with Crippen LogP contribution in [-0.4, -0.2) is 39.8 Å². The lowest BCUT2D eigenvalue weighted by molar-refractivity contribution is -0.148. The van der Waals surface area contributed by atoms with Crippen molar-refractivity contribution in [2.75, 3.05) is 0 Å². The first-order valence-electron chi connectivity index (χ1n) is 5.22. The third-order valence-corrected chi connectivity index (χ3v) is 3.39. The Labute approximate surface area is 92.8 Å². The van der Waals surface area contributed by atoms with Crippen LogP contribution in [0.2, 0.25) is 0 Å². The lowest BCUT2D eigenvalue weighted by Crippen LogP contribution is -2.58. The fourth-order valence-electron chi connectivity index (χ4n) is 2.39. The summed E-state index contributed by atoms with van der Waals surface area (Å²) in [7, 11) is 0. The number of fused-ring (bicyclic) bond motifs is 1. The van der Waals surface area contributed by atoms with Crippen molar-refractivity contribution in [2.24, 2.45) is 17.6 Å².